The van der Waals surface area contributed by atoms with E-state index in [1.165, 1.54) is 43.5 Å². The molecule has 0 fully saturated rings. The molecule has 208 valence electrons. The molecule has 0 bridgehead atoms. The summed E-state index contributed by atoms with van der Waals surface area (Å²) in [7, 11) is -6.44. The van der Waals surface area contributed by atoms with Crippen LogP contribution in [0.15, 0.2) is 107 Å². The molecule has 11 heteroatoms. The van der Waals surface area contributed by atoms with Crippen molar-refractivity contribution in [3.8, 4) is 5.75 Å². The van der Waals surface area contributed by atoms with Gasteiger partial charge in [0, 0.05) is 11.4 Å². The molecule has 0 saturated carbocycles. The van der Waals surface area contributed by atoms with Gasteiger partial charge in [-0.15, -0.1) is 0 Å². The van der Waals surface area contributed by atoms with E-state index in [0.717, 1.165) is 15.4 Å². The predicted molar refractivity (Wildman–Crippen MR) is 156 cm³/mol. The van der Waals surface area contributed by atoms with Gasteiger partial charge in [-0.1, -0.05) is 29.8 Å². The Morgan fingerprint density at radius 3 is 1.98 bits per heavy atom. The van der Waals surface area contributed by atoms with Gasteiger partial charge < -0.3 is 10.1 Å². The number of amides is 1. The lowest BCUT2D eigenvalue weighted by molar-refractivity contribution is -0.114. The van der Waals surface area contributed by atoms with Crippen molar-refractivity contribution >= 4 is 43.0 Å². The summed E-state index contributed by atoms with van der Waals surface area (Å²) in [5.74, 6) is -0.0761. The minimum atomic E-state index is -4.09. The van der Waals surface area contributed by atoms with E-state index in [1.54, 1.807) is 54.6 Å². The zero-order chi connectivity index (χ0) is 28.9. The van der Waals surface area contributed by atoms with Gasteiger partial charge in [0.2, 0.25) is 5.91 Å². The summed E-state index contributed by atoms with van der Waals surface area (Å²) in [6.07, 6.45) is 0. The molecule has 4 aromatic rings. The lowest BCUT2D eigenvalue weighted by atomic mass is 10.2. The molecule has 4 rings (SSSR count). The third kappa shape index (κ3) is 6.80. The first kappa shape index (κ1) is 28.7. The number of nitrogens with zero attached hydrogens (tertiary/aromatic N) is 1. The van der Waals surface area contributed by atoms with E-state index in [-0.39, 0.29) is 15.5 Å². The van der Waals surface area contributed by atoms with Crippen molar-refractivity contribution in [2.75, 3.05) is 28.0 Å². The van der Waals surface area contributed by atoms with Crippen molar-refractivity contribution in [1.82, 2.24) is 0 Å². The van der Waals surface area contributed by atoms with E-state index in [1.807, 2.05) is 19.9 Å². The molecule has 0 aliphatic carbocycles. The Kier molecular flexibility index (Phi) is 8.46. The van der Waals surface area contributed by atoms with Crippen molar-refractivity contribution < 1.29 is 26.4 Å². The van der Waals surface area contributed by atoms with Crippen molar-refractivity contribution in [2.24, 2.45) is 0 Å². The summed E-state index contributed by atoms with van der Waals surface area (Å²) in [6.45, 7) is 3.19. The Balaban J connectivity index is 1.53. The summed E-state index contributed by atoms with van der Waals surface area (Å²) in [5, 5.41) is 2.65. The molecule has 0 aliphatic rings. The van der Waals surface area contributed by atoms with Crippen LogP contribution in [-0.2, 0) is 24.8 Å². The maximum absolute atomic E-state index is 13.6. The van der Waals surface area contributed by atoms with Gasteiger partial charge in [0.1, 0.15) is 12.3 Å². The second-order valence-electron chi connectivity index (χ2n) is 9.07. The average molecular weight is 580 g/mol. The van der Waals surface area contributed by atoms with E-state index >= 15 is 0 Å². The normalized spacial score (nSPS) is 11.5. The fourth-order valence-electron chi connectivity index (χ4n) is 3.87. The highest BCUT2D eigenvalue weighted by molar-refractivity contribution is 7.93. The van der Waals surface area contributed by atoms with Crippen LogP contribution < -0.4 is 19.1 Å². The SMILES string of the molecule is COc1ccc(N(CC(=O)Nc2ccc(S(=O)(=O)Nc3cccc(C)c3)cc2)S(=O)(=O)c2ccc(C)cc2)cc1. The van der Waals surface area contributed by atoms with E-state index in [2.05, 4.69) is 10.0 Å². The first-order chi connectivity index (χ1) is 19.0. The van der Waals surface area contributed by atoms with Gasteiger partial charge in [-0.05, 0) is 92.2 Å². The van der Waals surface area contributed by atoms with Crippen LogP contribution in [0.4, 0.5) is 17.1 Å². The molecule has 4 aromatic carbocycles. The number of anilines is 3. The molecular formula is C29H29N3O6S2. The molecule has 1 amide bonds. The van der Waals surface area contributed by atoms with Crippen LogP contribution >= 0.6 is 0 Å². The van der Waals surface area contributed by atoms with Crippen molar-refractivity contribution in [3.63, 3.8) is 0 Å². The summed E-state index contributed by atoms with van der Waals surface area (Å²) in [4.78, 5) is 13.1. The molecule has 0 aromatic heterocycles. The number of benzene rings is 4. The summed E-state index contributed by atoms with van der Waals surface area (Å²) in [6, 6.07) is 25.2. The highest BCUT2D eigenvalue weighted by Gasteiger charge is 2.27. The molecule has 0 aliphatic heterocycles. The van der Waals surface area contributed by atoms with Gasteiger partial charge in [0.15, 0.2) is 0 Å². The quantitative estimate of drug-likeness (QED) is 0.274. The first-order valence-corrected chi connectivity index (χ1v) is 15.1. The monoisotopic (exact) mass is 579 g/mol. The summed E-state index contributed by atoms with van der Waals surface area (Å²) < 4.78 is 61.4. The fourth-order valence-corrected chi connectivity index (χ4v) is 6.34. The van der Waals surface area contributed by atoms with Gasteiger partial charge in [0.25, 0.3) is 20.0 Å². The van der Waals surface area contributed by atoms with Gasteiger partial charge in [-0.2, -0.15) is 0 Å². The molecule has 0 saturated heterocycles. The maximum atomic E-state index is 13.6. The Hall–Kier alpha value is -4.35. The standard InChI is InChI=1S/C29H29N3O6S2/c1-21-7-15-28(16-8-21)40(36,37)32(25-11-13-26(38-3)14-12-25)20-29(33)30-23-9-17-27(18-10-23)39(34,35)31-24-6-4-5-22(2)19-24/h4-19,31H,20H2,1-3H3,(H,30,33). The van der Waals surface area contributed by atoms with Crippen LogP contribution in [0.1, 0.15) is 11.1 Å². The molecule has 0 atom stereocenters. The Morgan fingerprint density at radius 2 is 1.38 bits per heavy atom. The highest BCUT2D eigenvalue weighted by atomic mass is 32.2. The molecular weight excluding hydrogens is 550 g/mol. The van der Waals surface area contributed by atoms with Gasteiger partial charge >= 0.3 is 0 Å². The zero-order valence-electron chi connectivity index (χ0n) is 22.2. The van der Waals surface area contributed by atoms with Crippen molar-refractivity contribution in [2.45, 2.75) is 23.6 Å². The largest absolute Gasteiger partial charge is 0.497 e. The zero-order valence-corrected chi connectivity index (χ0v) is 23.8. The highest BCUT2D eigenvalue weighted by Crippen LogP contribution is 2.26. The van der Waals surface area contributed by atoms with Crippen molar-refractivity contribution in [1.29, 1.82) is 0 Å². The Morgan fingerprint density at radius 1 is 0.750 bits per heavy atom. The average Bonchev–Trinajstić information content (AvgIpc) is 2.92. The lowest BCUT2D eigenvalue weighted by Crippen LogP contribution is -2.38. The van der Waals surface area contributed by atoms with Crippen LogP contribution in [0.5, 0.6) is 5.75 Å². The molecule has 40 heavy (non-hydrogen) atoms. The van der Waals surface area contributed by atoms with Crippen LogP contribution in [0.3, 0.4) is 0 Å². The first-order valence-electron chi connectivity index (χ1n) is 12.2. The number of rotatable bonds is 10. The number of nitrogens with one attached hydrogen (secondary N) is 2. The number of sulfonamides is 2. The number of methoxy groups -OCH3 is 1. The Bertz CT molecular complexity index is 1700. The molecule has 0 spiro atoms. The number of carbonyl (C=O) groups excluding carboxylic acids is 1. The van der Waals surface area contributed by atoms with Crippen LogP contribution in [0, 0.1) is 13.8 Å². The van der Waals surface area contributed by atoms with Gasteiger partial charge in [0.05, 0.1) is 22.6 Å². The molecule has 0 radical (unpaired) electrons. The third-order valence-corrected chi connectivity index (χ3v) is 9.16. The molecule has 0 heterocycles. The van der Waals surface area contributed by atoms with E-state index < -0.39 is 32.5 Å². The van der Waals surface area contributed by atoms with Crippen LogP contribution in [-0.4, -0.2) is 36.4 Å². The van der Waals surface area contributed by atoms with E-state index in [9.17, 15) is 21.6 Å². The molecule has 2 N–H and O–H groups in total. The number of hydrogen-bond acceptors (Lipinski definition) is 6. The van der Waals surface area contributed by atoms with Crippen molar-refractivity contribution in [3.05, 3.63) is 108 Å². The third-order valence-electron chi connectivity index (χ3n) is 5.98. The topological polar surface area (TPSA) is 122 Å². The second kappa shape index (κ2) is 11.8. The predicted octanol–water partition coefficient (Wildman–Crippen LogP) is 4.95. The second-order valence-corrected chi connectivity index (χ2v) is 12.6. The van der Waals surface area contributed by atoms with Gasteiger partial charge in [-0.3, -0.25) is 13.8 Å². The lowest BCUT2D eigenvalue weighted by Gasteiger charge is -2.24. The number of hydrogen-bond donors (Lipinski definition) is 2. The van der Waals surface area contributed by atoms with E-state index in [0.29, 0.717) is 17.1 Å². The molecule has 0 unspecified atom stereocenters. The van der Waals surface area contributed by atoms with Crippen LogP contribution in [0.2, 0.25) is 0 Å². The van der Waals surface area contributed by atoms with Gasteiger partial charge in [-0.25, -0.2) is 16.8 Å². The minimum absolute atomic E-state index is 0.00816. The minimum Gasteiger partial charge on any atom is -0.497 e. The summed E-state index contributed by atoms with van der Waals surface area (Å²) in [5.41, 5.74) is 2.83. The smallest absolute Gasteiger partial charge is 0.264 e. The number of carbonyl (C=O) groups is 1. The summed E-state index contributed by atoms with van der Waals surface area (Å²) >= 11 is 0. The molecule has 9 nitrogen and oxygen atoms in total. The van der Waals surface area contributed by atoms with Crippen LogP contribution in [0.25, 0.3) is 0 Å². The Labute approximate surface area is 234 Å². The number of ether oxygens (including phenoxy) is 1. The van der Waals surface area contributed by atoms with E-state index in [4.69, 9.17) is 4.74 Å². The fraction of sp³-hybridized carbons (Fsp3) is 0.138. The number of aryl methyl sites for hydroxylation is 2. The maximum Gasteiger partial charge on any atom is 0.264 e.